The highest BCUT2D eigenvalue weighted by molar-refractivity contribution is 7.26. The third-order valence-corrected chi connectivity index (χ3v) is 12.0. The predicted molar refractivity (Wildman–Crippen MR) is 269 cm³/mol. The Bertz CT molecular complexity index is 2710. The van der Waals surface area contributed by atoms with Crippen molar-refractivity contribution >= 4 is 54.1 Å². The van der Waals surface area contributed by atoms with Crippen molar-refractivity contribution in [1.82, 2.24) is 0 Å². The van der Waals surface area contributed by atoms with Crippen LogP contribution >= 0.6 is 11.3 Å². The van der Waals surface area contributed by atoms with Gasteiger partial charge in [0.2, 0.25) is 0 Å². The van der Waals surface area contributed by atoms with E-state index in [1.807, 2.05) is 55.5 Å². The Hall–Kier alpha value is -6.35. The van der Waals surface area contributed by atoms with Crippen molar-refractivity contribution in [3.8, 4) is 22.3 Å². The van der Waals surface area contributed by atoms with Crippen molar-refractivity contribution in [2.45, 2.75) is 59.8 Å². The molecule has 2 aliphatic rings. The molecule has 0 unspecified atom stereocenters. The number of benzene rings is 6. The Kier molecular flexibility index (Phi) is 15.2. The molecule has 0 radical (unpaired) electrons. The Morgan fingerprint density at radius 1 is 0.667 bits per heavy atom. The molecule has 0 atom stereocenters. The van der Waals surface area contributed by atoms with Crippen LogP contribution in [0.1, 0.15) is 80.3 Å². The van der Waals surface area contributed by atoms with E-state index in [-0.39, 0.29) is 0 Å². The van der Waals surface area contributed by atoms with Crippen molar-refractivity contribution in [3.63, 3.8) is 0 Å². The van der Waals surface area contributed by atoms with E-state index in [0.717, 1.165) is 60.2 Å². The first-order valence-corrected chi connectivity index (χ1v) is 22.1. The molecule has 0 spiro atoms. The summed E-state index contributed by atoms with van der Waals surface area (Å²) in [5, 5.41) is 2.61. The summed E-state index contributed by atoms with van der Waals surface area (Å²) in [6, 6.07) is 48.0. The van der Waals surface area contributed by atoms with Gasteiger partial charge in [-0.25, -0.2) is 0 Å². The molecular formula is C58H57NS. The van der Waals surface area contributed by atoms with E-state index < -0.39 is 0 Å². The molecule has 9 rings (SSSR count). The van der Waals surface area contributed by atoms with Gasteiger partial charge in [0.25, 0.3) is 0 Å². The van der Waals surface area contributed by atoms with Gasteiger partial charge in [0.15, 0.2) is 0 Å². The van der Waals surface area contributed by atoms with Crippen LogP contribution in [0.4, 0.5) is 0 Å². The molecule has 1 aromatic heterocycles. The zero-order chi connectivity index (χ0) is 42.4. The number of nitrogens with zero attached hydrogens (tertiary/aromatic N) is 1. The van der Waals surface area contributed by atoms with Crippen LogP contribution in [0.2, 0.25) is 0 Å². The highest BCUT2D eigenvalue weighted by Gasteiger charge is 2.18. The molecule has 2 heteroatoms. The zero-order valence-electron chi connectivity index (χ0n) is 35.8. The number of allylic oxidation sites excluding steroid dienone is 7. The zero-order valence-corrected chi connectivity index (χ0v) is 36.6. The molecule has 300 valence electrons. The smallest absolute Gasteiger partial charge is 0.0633 e. The summed E-state index contributed by atoms with van der Waals surface area (Å²) < 4.78 is 2.57. The van der Waals surface area contributed by atoms with E-state index in [4.69, 9.17) is 4.99 Å². The SMILES string of the molecule is C=C.C=C(N=C(C)c1ccc2c(c1)sc1cccc(-c3cccc4c3C(=C)C=CCC4)c12)c1ccccc1.CC.CCc1ccc(-c2cccc(C3=CC=CCC3)c2)cc1. The van der Waals surface area contributed by atoms with Crippen LogP contribution < -0.4 is 0 Å². The van der Waals surface area contributed by atoms with Crippen molar-refractivity contribution < 1.29 is 0 Å². The van der Waals surface area contributed by atoms with Gasteiger partial charge in [-0.2, -0.15) is 0 Å². The highest BCUT2D eigenvalue weighted by Crippen LogP contribution is 2.43. The van der Waals surface area contributed by atoms with Crippen LogP contribution in [0.15, 0.2) is 195 Å². The second kappa shape index (κ2) is 21.1. The second-order valence-corrected chi connectivity index (χ2v) is 15.7. The van der Waals surface area contributed by atoms with Gasteiger partial charge in [0, 0.05) is 25.9 Å². The van der Waals surface area contributed by atoms with Gasteiger partial charge in [-0.3, -0.25) is 4.99 Å². The molecule has 0 amide bonds. The number of hydrogen-bond acceptors (Lipinski definition) is 2. The highest BCUT2D eigenvalue weighted by atomic mass is 32.1. The van der Waals surface area contributed by atoms with Crippen LogP contribution in [0.25, 0.3) is 59.3 Å². The van der Waals surface area contributed by atoms with Gasteiger partial charge in [0.05, 0.1) is 5.70 Å². The van der Waals surface area contributed by atoms with Crippen LogP contribution in [0.3, 0.4) is 0 Å². The fourth-order valence-electron chi connectivity index (χ4n) is 7.87. The van der Waals surface area contributed by atoms with E-state index in [2.05, 4.69) is 174 Å². The van der Waals surface area contributed by atoms with Gasteiger partial charge >= 0.3 is 0 Å². The topological polar surface area (TPSA) is 12.4 Å². The molecule has 0 fully saturated rings. The minimum Gasteiger partial charge on any atom is -0.253 e. The maximum Gasteiger partial charge on any atom is 0.0633 e. The fourth-order valence-corrected chi connectivity index (χ4v) is 9.04. The number of rotatable bonds is 7. The third-order valence-electron chi connectivity index (χ3n) is 10.9. The minimum absolute atomic E-state index is 0.783. The minimum atomic E-state index is 0.783. The van der Waals surface area contributed by atoms with Gasteiger partial charge in [-0.1, -0.05) is 180 Å². The lowest BCUT2D eigenvalue weighted by molar-refractivity contribution is 1.01. The standard InChI is InChI=1S/C34H27NS.C20H20.C2H6.C2H4/c1-22-11-7-8-14-26-15-9-16-28(33(22)26)29-17-10-18-31-34(29)30-20-19-27(21-32(30)36-31)24(3)35-23(2)25-12-5-4-6-13-25;1-2-16-11-13-18(14-12-16)20-10-6-9-19(15-20)17-7-4-3-5-8-17;2*1-2/h4-7,9-13,15-21H,1-2,8,14H2,3H3;3-4,6-7,9-15H,2,5,8H2,1H3;1-2H3;1-2H2. The monoisotopic (exact) mass is 799 g/mol. The number of aliphatic imine (C=N–C) groups is 1. The number of fused-ring (bicyclic) bond motifs is 4. The number of thiophene rings is 1. The largest absolute Gasteiger partial charge is 0.253 e. The first kappa shape index (κ1) is 43.2. The molecule has 6 aromatic carbocycles. The maximum absolute atomic E-state index is 4.82. The van der Waals surface area contributed by atoms with Gasteiger partial charge in [0.1, 0.15) is 0 Å². The molecule has 1 heterocycles. The lowest BCUT2D eigenvalue weighted by Crippen LogP contribution is -1.95. The summed E-state index contributed by atoms with van der Waals surface area (Å²) in [5.74, 6) is 0. The first-order valence-electron chi connectivity index (χ1n) is 21.3. The second-order valence-electron chi connectivity index (χ2n) is 14.6. The lowest BCUT2D eigenvalue weighted by atomic mass is 9.88. The van der Waals surface area contributed by atoms with Crippen molar-refractivity contribution in [1.29, 1.82) is 0 Å². The van der Waals surface area contributed by atoms with Crippen LogP contribution in [0.5, 0.6) is 0 Å². The van der Waals surface area contributed by atoms with E-state index in [0.29, 0.717) is 0 Å². The Morgan fingerprint density at radius 2 is 1.38 bits per heavy atom. The first-order chi connectivity index (χ1) is 29.5. The molecule has 0 N–H and O–H groups in total. The van der Waals surface area contributed by atoms with E-state index in [1.54, 1.807) is 0 Å². The maximum atomic E-state index is 4.82. The van der Waals surface area contributed by atoms with E-state index in [1.165, 1.54) is 70.3 Å². The van der Waals surface area contributed by atoms with Gasteiger partial charge in [-0.15, -0.1) is 24.5 Å². The number of aryl methyl sites for hydroxylation is 2. The van der Waals surface area contributed by atoms with Crippen molar-refractivity contribution in [2.24, 2.45) is 4.99 Å². The number of hydrogen-bond donors (Lipinski definition) is 0. The average Bonchev–Trinajstić information content (AvgIpc) is 3.59. The van der Waals surface area contributed by atoms with E-state index in [9.17, 15) is 0 Å². The molecule has 1 nitrogen and oxygen atoms in total. The molecule has 0 bridgehead atoms. The molecule has 60 heavy (non-hydrogen) atoms. The van der Waals surface area contributed by atoms with Crippen molar-refractivity contribution in [2.75, 3.05) is 0 Å². The molecule has 0 saturated carbocycles. The van der Waals surface area contributed by atoms with Gasteiger partial charge < -0.3 is 0 Å². The predicted octanol–water partition coefficient (Wildman–Crippen LogP) is 17.2. The Balaban J connectivity index is 0.000000213. The van der Waals surface area contributed by atoms with Crippen LogP contribution in [-0.2, 0) is 12.8 Å². The van der Waals surface area contributed by atoms with E-state index >= 15 is 0 Å². The molecule has 0 saturated heterocycles. The quantitative estimate of drug-likeness (QED) is 0.112. The summed E-state index contributed by atoms with van der Waals surface area (Å²) in [6.45, 7) is 22.8. The van der Waals surface area contributed by atoms with Gasteiger partial charge in [-0.05, 0) is 124 Å². The molecule has 7 aromatic rings. The van der Waals surface area contributed by atoms with Crippen LogP contribution in [0, 0.1) is 0 Å². The lowest BCUT2D eigenvalue weighted by Gasteiger charge is -2.15. The summed E-state index contributed by atoms with van der Waals surface area (Å²) in [6.07, 6.45) is 16.6. The summed E-state index contributed by atoms with van der Waals surface area (Å²) in [7, 11) is 0. The Morgan fingerprint density at radius 3 is 2.13 bits per heavy atom. The summed E-state index contributed by atoms with van der Waals surface area (Å²) >= 11 is 1.85. The van der Waals surface area contributed by atoms with Crippen LogP contribution in [-0.4, -0.2) is 5.71 Å². The van der Waals surface area contributed by atoms with Crippen molar-refractivity contribution in [3.05, 3.63) is 224 Å². The molecule has 0 aliphatic heterocycles. The average molecular weight is 800 g/mol. The normalized spacial score (nSPS) is 13.1. The molecular weight excluding hydrogens is 743 g/mol. The fraction of sp³-hybridized carbons (Fsp3) is 0.155. The summed E-state index contributed by atoms with van der Waals surface area (Å²) in [4.78, 5) is 4.82. The third kappa shape index (κ3) is 9.91. The Labute approximate surface area is 362 Å². The molecule has 2 aliphatic carbocycles. The summed E-state index contributed by atoms with van der Waals surface area (Å²) in [5.41, 5.74) is 17.0.